The SMILES string of the molecule is Cc1ccc(C(=O)NC2CCCC(C)C2C)c(Br)c1. The lowest BCUT2D eigenvalue weighted by molar-refractivity contribution is 0.0890. The summed E-state index contributed by atoms with van der Waals surface area (Å²) >= 11 is 3.48. The van der Waals surface area contributed by atoms with Crippen LogP contribution >= 0.6 is 15.9 Å². The van der Waals surface area contributed by atoms with E-state index in [2.05, 4.69) is 35.1 Å². The average Bonchev–Trinajstić information content (AvgIpc) is 2.34. The van der Waals surface area contributed by atoms with E-state index in [0.29, 0.717) is 17.9 Å². The second kappa shape index (κ2) is 6.08. The number of amides is 1. The van der Waals surface area contributed by atoms with Crippen molar-refractivity contribution in [3.63, 3.8) is 0 Å². The normalized spacial score (nSPS) is 27.1. The van der Waals surface area contributed by atoms with Crippen molar-refractivity contribution in [2.75, 3.05) is 0 Å². The number of hydrogen-bond acceptors (Lipinski definition) is 1. The van der Waals surface area contributed by atoms with Gasteiger partial charge in [0.25, 0.3) is 5.91 Å². The van der Waals surface area contributed by atoms with E-state index in [-0.39, 0.29) is 5.91 Å². The third kappa shape index (κ3) is 3.38. The predicted octanol–water partition coefficient (Wildman–Crippen LogP) is 4.31. The van der Waals surface area contributed by atoms with Gasteiger partial charge in [-0.2, -0.15) is 0 Å². The van der Waals surface area contributed by atoms with Crippen LogP contribution in [0.3, 0.4) is 0 Å². The van der Waals surface area contributed by atoms with E-state index in [1.165, 1.54) is 12.8 Å². The molecule has 104 valence electrons. The minimum Gasteiger partial charge on any atom is -0.349 e. The minimum absolute atomic E-state index is 0.0397. The van der Waals surface area contributed by atoms with Crippen molar-refractivity contribution in [1.82, 2.24) is 5.32 Å². The first-order valence-electron chi connectivity index (χ1n) is 7.06. The van der Waals surface area contributed by atoms with Crippen molar-refractivity contribution >= 4 is 21.8 Å². The van der Waals surface area contributed by atoms with Gasteiger partial charge in [0.15, 0.2) is 0 Å². The second-order valence-electron chi connectivity index (χ2n) is 5.83. The third-order valence-electron chi connectivity index (χ3n) is 4.39. The van der Waals surface area contributed by atoms with Crippen molar-refractivity contribution in [2.24, 2.45) is 11.8 Å². The van der Waals surface area contributed by atoms with Crippen molar-refractivity contribution in [2.45, 2.75) is 46.1 Å². The number of nitrogens with one attached hydrogen (secondary N) is 1. The lowest BCUT2D eigenvalue weighted by Gasteiger charge is -2.34. The maximum atomic E-state index is 12.4. The Kier molecular flexibility index (Phi) is 4.67. The summed E-state index contributed by atoms with van der Waals surface area (Å²) in [6.07, 6.45) is 3.59. The Morgan fingerprint density at radius 1 is 1.32 bits per heavy atom. The van der Waals surface area contributed by atoms with E-state index in [9.17, 15) is 4.79 Å². The minimum atomic E-state index is 0.0397. The molecule has 1 amide bonds. The molecular formula is C16H22BrNO. The molecule has 0 bridgehead atoms. The van der Waals surface area contributed by atoms with Gasteiger partial charge in [0.05, 0.1) is 5.56 Å². The van der Waals surface area contributed by atoms with Crippen LogP contribution in [-0.4, -0.2) is 11.9 Å². The van der Waals surface area contributed by atoms with Gasteiger partial charge in [-0.3, -0.25) is 4.79 Å². The number of aryl methyl sites for hydroxylation is 1. The molecule has 1 aliphatic rings. The van der Waals surface area contributed by atoms with Crippen molar-refractivity contribution in [3.05, 3.63) is 33.8 Å². The summed E-state index contributed by atoms with van der Waals surface area (Å²) in [6.45, 7) is 6.56. The van der Waals surface area contributed by atoms with Crippen LogP contribution in [0.5, 0.6) is 0 Å². The fourth-order valence-corrected chi connectivity index (χ4v) is 3.51. The van der Waals surface area contributed by atoms with Crippen LogP contribution < -0.4 is 5.32 Å². The lowest BCUT2D eigenvalue weighted by atomic mass is 9.78. The molecule has 1 N–H and O–H groups in total. The van der Waals surface area contributed by atoms with E-state index >= 15 is 0 Å². The summed E-state index contributed by atoms with van der Waals surface area (Å²) in [7, 11) is 0. The summed E-state index contributed by atoms with van der Waals surface area (Å²) in [4.78, 5) is 12.4. The van der Waals surface area contributed by atoms with Crippen LogP contribution in [0, 0.1) is 18.8 Å². The van der Waals surface area contributed by atoms with Gasteiger partial charge >= 0.3 is 0 Å². The number of carbonyl (C=O) groups is 1. The van der Waals surface area contributed by atoms with Gasteiger partial charge in [-0.1, -0.05) is 32.8 Å². The van der Waals surface area contributed by atoms with E-state index < -0.39 is 0 Å². The topological polar surface area (TPSA) is 29.1 Å². The monoisotopic (exact) mass is 323 g/mol. The second-order valence-corrected chi connectivity index (χ2v) is 6.68. The van der Waals surface area contributed by atoms with Crippen LogP contribution in [0.2, 0.25) is 0 Å². The Balaban J connectivity index is 2.08. The Morgan fingerprint density at radius 2 is 2.05 bits per heavy atom. The van der Waals surface area contributed by atoms with E-state index in [1.807, 2.05) is 25.1 Å². The highest BCUT2D eigenvalue weighted by Crippen LogP contribution is 2.30. The smallest absolute Gasteiger partial charge is 0.252 e. The molecule has 3 heteroatoms. The molecule has 0 saturated heterocycles. The van der Waals surface area contributed by atoms with Gasteiger partial charge in [0.2, 0.25) is 0 Å². The maximum absolute atomic E-state index is 12.4. The van der Waals surface area contributed by atoms with Crippen LogP contribution in [0.4, 0.5) is 0 Å². The summed E-state index contributed by atoms with van der Waals surface area (Å²) in [5, 5.41) is 3.21. The van der Waals surface area contributed by atoms with Crippen LogP contribution in [0.25, 0.3) is 0 Å². The Hall–Kier alpha value is -0.830. The summed E-state index contributed by atoms with van der Waals surface area (Å²) in [5.41, 5.74) is 1.89. The molecule has 3 unspecified atom stereocenters. The zero-order valence-electron chi connectivity index (χ0n) is 11.9. The van der Waals surface area contributed by atoms with Gasteiger partial charge < -0.3 is 5.32 Å². The number of halogens is 1. The molecule has 0 spiro atoms. The highest BCUT2D eigenvalue weighted by atomic mass is 79.9. The Morgan fingerprint density at radius 3 is 2.74 bits per heavy atom. The summed E-state index contributed by atoms with van der Waals surface area (Å²) in [5.74, 6) is 1.29. The molecule has 1 fully saturated rings. The largest absolute Gasteiger partial charge is 0.349 e. The lowest BCUT2D eigenvalue weighted by Crippen LogP contribution is -2.43. The van der Waals surface area contributed by atoms with Crippen LogP contribution in [0.1, 0.15) is 49.0 Å². The zero-order chi connectivity index (χ0) is 14.0. The fraction of sp³-hybridized carbons (Fsp3) is 0.562. The predicted molar refractivity (Wildman–Crippen MR) is 82.3 cm³/mol. The highest BCUT2D eigenvalue weighted by molar-refractivity contribution is 9.10. The molecule has 1 saturated carbocycles. The molecule has 1 aromatic carbocycles. The number of hydrogen-bond donors (Lipinski definition) is 1. The third-order valence-corrected chi connectivity index (χ3v) is 5.05. The molecule has 19 heavy (non-hydrogen) atoms. The molecule has 0 aromatic heterocycles. The molecule has 0 aliphatic heterocycles. The average molecular weight is 324 g/mol. The zero-order valence-corrected chi connectivity index (χ0v) is 13.5. The first-order chi connectivity index (χ1) is 8.99. The maximum Gasteiger partial charge on any atom is 0.252 e. The summed E-state index contributed by atoms with van der Waals surface area (Å²) in [6, 6.07) is 6.17. The van der Waals surface area contributed by atoms with Gasteiger partial charge in [-0.15, -0.1) is 0 Å². The van der Waals surface area contributed by atoms with E-state index in [0.717, 1.165) is 22.0 Å². The molecule has 2 rings (SSSR count). The first kappa shape index (κ1) is 14.6. The van der Waals surface area contributed by atoms with E-state index in [4.69, 9.17) is 0 Å². The standard InChI is InChI=1S/C16H22BrNO/c1-10-7-8-13(14(17)9-10)16(19)18-15-6-4-5-11(2)12(15)3/h7-9,11-12,15H,4-6H2,1-3H3,(H,18,19). The molecule has 1 aliphatic carbocycles. The molecular weight excluding hydrogens is 302 g/mol. The van der Waals surface area contributed by atoms with Gasteiger partial charge in [-0.05, 0) is 58.8 Å². The van der Waals surface area contributed by atoms with Gasteiger partial charge in [0.1, 0.15) is 0 Å². The van der Waals surface area contributed by atoms with Gasteiger partial charge in [-0.25, -0.2) is 0 Å². The highest BCUT2D eigenvalue weighted by Gasteiger charge is 2.28. The number of benzene rings is 1. The Labute approximate surface area is 124 Å². The number of carbonyl (C=O) groups excluding carboxylic acids is 1. The number of rotatable bonds is 2. The van der Waals surface area contributed by atoms with Crippen LogP contribution in [-0.2, 0) is 0 Å². The molecule has 0 radical (unpaired) electrons. The molecule has 2 nitrogen and oxygen atoms in total. The van der Waals surface area contributed by atoms with Gasteiger partial charge in [0, 0.05) is 10.5 Å². The van der Waals surface area contributed by atoms with E-state index in [1.54, 1.807) is 0 Å². The van der Waals surface area contributed by atoms with Crippen molar-refractivity contribution in [3.8, 4) is 0 Å². The first-order valence-corrected chi connectivity index (χ1v) is 7.85. The fourth-order valence-electron chi connectivity index (χ4n) is 2.84. The molecule has 1 aromatic rings. The molecule has 3 atom stereocenters. The Bertz CT molecular complexity index is 472. The molecule has 0 heterocycles. The van der Waals surface area contributed by atoms with Crippen LogP contribution in [0.15, 0.2) is 22.7 Å². The van der Waals surface area contributed by atoms with Crippen molar-refractivity contribution < 1.29 is 4.79 Å². The summed E-state index contributed by atoms with van der Waals surface area (Å²) < 4.78 is 0.876. The quantitative estimate of drug-likeness (QED) is 0.863. The van der Waals surface area contributed by atoms with Crippen molar-refractivity contribution in [1.29, 1.82) is 0 Å².